The number of ether oxygens (including phenoxy) is 1. The highest BCUT2D eigenvalue weighted by Crippen LogP contribution is 2.21. The lowest BCUT2D eigenvalue weighted by atomic mass is 10.0. The standard InChI is InChI=1S/C15H19NO2/c1-5-10-16-15(17)12(3)11(2)13-6-8-14(18-4)9-7-13/h5-9H,1,10H2,2-4H3,(H,16,17). The van der Waals surface area contributed by atoms with E-state index in [2.05, 4.69) is 11.9 Å². The van der Waals surface area contributed by atoms with Gasteiger partial charge in [0.1, 0.15) is 5.75 Å². The van der Waals surface area contributed by atoms with E-state index in [-0.39, 0.29) is 5.91 Å². The lowest BCUT2D eigenvalue weighted by Crippen LogP contribution is -2.24. The average Bonchev–Trinajstić information content (AvgIpc) is 2.43. The van der Waals surface area contributed by atoms with Crippen LogP contribution in [0, 0.1) is 0 Å². The van der Waals surface area contributed by atoms with Crippen LogP contribution in [0.1, 0.15) is 19.4 Å². The smallest absolute Gasteiger partial charge is 0.247 e. The van der Waals surface area contributed by atoms with Crippen LogP contribution < -0.4 is 10.1 Å². The number of carbonyl (C=O) groups excluding carboxylic acids is 1. The topological polar surface area (TPSA) is 38.3 Å². The average molecular weight is 245 g/mol. The van der Waals surface area contributed by atoms with Crippen LogP contribution in [0.15, 0.2) is 42.5 Å². The van der Waals surface area contributed by atoms with Gasteiger partial charge < -0.3 is 10.1 Å². The molecule has 0 aromatic heterocycles. The largest absolute Gasteiger partial charge is 0.497 e. The second kappa shape index (κ2) is 6.64. The maximum atomic E-state index is 11.8. The number of benzene rings is 1. The number of hydrogen-bond acceptors (Lipinski definition) is 2. The lowest BCUT2D eigenvalue weighted by Gasteiger charge is -2.09. The van der Waals surface area contributed by atoms with E-state index in [4.69, 9.17) is 4.74 Å². The van der Waals surface area contributed by atoms with Gasteiger partial charge in [-0.3, -0.25) is 4.79 Å². The van der Waals surface area contributed by atoms with Crippen molar-refractivity contribution < 1.29 is 9.53 Å². The van der Waals surface area contributed by atoms with E-state index in [1.165, 1.54) is 0 Å². The van der Waals surface area contributed by atoms with E-state index in [1.807, 2.05) is 38.1 Å². The predicted molar refractivity (Wildman–Crippen MR) is 74.5 cm³/mol. The predicted octanol–water partition coefficient (Wildman–Crippen LogP) is 2.79. The summed E-state index contributed by atoms with van der Waals surface area (Å²) in [6.07, 6.45) is 1.66. The third kappa shape index (κ3) is 3.48. The summed E-state index contributed by atoms with van der Waals surface area (Å²) in [4.78, 5) is 11.8. The van der Waals surface area contributed by atoms with Crippen molar-refractivity contribution in [2.24, 2.45) is 0 Å². The molecule has 0 aliphatic heterocycles. The summed E-state index contributed by atoms with van der Waals surface area (Å²) < 4.78 is 5.10. The third-order valence-electron chi connectivity index (χ3n) is 2.83. The molecule has 0 heterocycles. The van der Waals surface area contributed by atoms with Crippen LogP contribution in [-0.4, -0.2) is 19.6 Å². The molecule has 0 spiro atoms. The summed E-state index contributed by atoms with van der Waals surface area (Å²) >= 11 is 0. The van der Waals surface area contributed by atoms with E-state index in [9.17, 15) is 4.79 Å². The lowest BCUT2D eigenvalue weighted by molar-refractivity contribution is -0.117. The third-order valence-corrected chi connectivity index (χ3v) is 2.83. The fourth-order valence-electron chi connectivity index (χ4n) is 1.53. The minimum Gasteiger partial charge on any atom is -0.497 e. The summed E-state index contributed by atoms with van der Waals surface area (Å²) in [5, 5.41) is 2.77. The van der Waals surface area contributed by atoms with E-state index in [0.717, 1.165) is 16.9 Å². The molecule has 0 saturated carbocycles. The summed E-state index contributed by atoms with van der Waals surface area (Å²) in [5.41, 5.74) is 2.68. The molecule has 0 aliphatic rings. The fourth-order valence-corrected chi connectivity index (χ4v) is 1.53. The van der Waals surface area contributed by atoms with Gasteiger partial charge in [-0.2, -0.15) is 0 Å². The molecule has 1 amide bonds. The van der Waals surface area contributed by atoms with Crippen molar-refractivity contribution in [3.63, 3.8) is 0 Å². The summed E-state index contributed by atoms with van der Waals surface area (Å²) in [5.74, 6) is 0.739. The van der Waals surface area contributed by atoms with Gasteiger partial charge in [-0.1, -0.05) is 18.2 Å². The maximum absolute atomic E-state index is 11.8. The van der Waals surface area contributed by atoms with Crippen molar-refractivity contribution in [3.05, 3.63) is 48.1 Å². The zero-order valence-corrected chi connectivity index (χ0v) is 11.1. The van der Waals surface area contributed by atoms with Gasteiger partial charge in [0.2, 0.25) is 5.91 Å². The Hall–Kier alpha value is -2.03. The van der Waals surface area contributed by atoms with Gasteiger partial charge in [0.25, 0.3) is 0 Å². The van der Waals surface area contributed by atoms with Crippen molar-refractivity contribution in [1.29, 1.82) is 0 Å². The number of hydrogen-bond donors (Lipinski definition) is 1. The minimum atomic E-state index is -0.0665. The van der Waals surface area contributed by atoms with Crippen LogP contribution in [0.25, 0.3) is 5.57 Å². The highest BCUT2D eigenvalue weighted by molar-refractivity contribution is 6.00. The van der Waals surface area contributed by atoms with Crippen LogP contribution in [0.2, 0.25) is 0 Å². The first-order valence-corrected chi connectivity index (χ1v) is 5.81. The van der Waals surface area contributed by atoms with Crippen molar-refractivity contribution in [3.8, 4) is 5.75 Å². The molecule has 1 aromatic carbocycles. The number of methoxy groups -OCH3 is 1. The Kier molecular flexibility index (Phi) is 5.18. The number of carbonyl (C=O) groups is 1. The molecule has 3 heteroatoms. The second-order valence-electron chi connectivity index (χ2n) is 3.98. The summed E-state index contributed by atoms with van der Waals surface area (Å²) in [6, 6.07) is 7.65. The number of allylic oxidation sites excluding steroid dienone is 1. The Labute approximate surface area is 108 Å². The molecule has 18 heavy (non-hydrogen) atoms. The van der Waals surface area contributed by atoms with Gasteiger partial charge in [-0.25, -0.2) is 0 Å². The van der Waals surface area contributed by atoms with Gasteiger partial charge in [0.15, 0.2) is 0 Å². The molecule has 96 valence electrons. The van der Waals surface area contributed by atoms with Gasteiger partial charge >= 0.3 is 0 Å². The quantitative estimate of drug-likeness (QED) is 0.640. The van der Waals surface area contributed by atoms with Crippen LogP contribution in [0.3, 0.4) is 0 Å². The summed E-state index contributed by atoms with van der Waals surface area (Å²) in [6.45, 7) is 7.80. The van der Waals surface area contributed by atoms with Gasteiger partial charge in [-0.15, -0.1) is 6.58 Å². The first-order chi connectivity index (χ1) is 8.60. The van der Waals surface area contributed by atoms with Crippen molar-refractivity contribution >= 4 is 11.5 Å². The molecular formula is C15H19NO2. The van der Waals surface area contributed by atoms with Crippen LogP contribution >= 0.6 is 0 Å². The van der Waals surface area contributed by atoms with Crippen molar-refractivity contribution in [2.75, 3.05) is 13.7 Å². The van der Waals surface area contributed by atoms with E-state index in [1.54, 1.807) is 13.2 Å². The molecule has 0 saturated heterocycles. The van der Waals surface area contributed by atoms with E-state index >= 15 is 0 Å². The highest BCUT2D eigenvalue weighted by atomic mass is 16.5. The molecule has 0 atom stereocenters. The molecule has 0 aliphatic carbocycles. The molecule has 1 aromatic rings. The van der Waals surface area contributed by atoms with Crippen molar-refractivity contribution in [1.82, 2.24) is 5.32 Å². The van der Waals surface area contributed by atoms with Gasteiger partial charge in [-0.05, 0) is 37.1 Å². The molecule has 0 radical (unpaired) electrons. The maximum Gasteiger partial charge on any atom is 0.247 e. The molecule has 0 fully saturated rings. The fraction of sp³-hybridized carbons (Fsp3) is 0.267. The monoisotopic (exact) mass is 245 g/mol. The summed E-state index contributed by atoms with van der Waals surface area (Å²) in [7, 11) is 1.63. The number of rotatable bonds is 5. The van der Waals surface area contributed by atoms with Gasteiger partial charge in [0, 0.05) is 12.1 Å². The van der Waals surface area contributed by atoms with Crippen molar-refractivity contribution in [2.45, 2.75) is 13.8 Å². The Morgan fingerprint density at radius 2 is 1.94 bits per heavy atom. The van der Waals surface area contributed by atoms with Gasteiger partial charge in [0.05, 0.1) is 7.11 Å². The zero-order chi connectivity index (χ0) is 13.5. The Morgan fingerprint density at radius 1 is 1.33 bits per heavy atom. The normalized spacial score (nSPS) is 11.5. The van der Waals surface area contributed by atoms with E-state index in [0.29, 0.717) is 12.1 Å². The minimum absolute atomic E-state index is 0.0665. The molecular weight excluding hydrogens is 226 g/mol. The molecule has 1 rings (SSSR count). The highest BCUT2D eigenvalue weighted by Gasteiger charge is 2.08. The van der Waals surface area contributed by atoms with E-state index < -0.39 is 0 Å². The zero-order valence-electron chi connectivity index (χ0n) is 11.1. The SMILES string of the molecule is C=CCNC(=O)C(C)=C(C)c1ccc(OC)cc1. The molecule has 0 unspecified atom stereocenters. The van der Waals surface area contributed by atoms with Crippen LogP contribution in [-0.2, 0) is 4.79 Å². The second-order valence-corrected chi connectivity index (χ2v) is 3.98. The van der Waals surface area contributed by atoms with Crippen LogP contribution in [0.4, 0.5) is 0 Å². The number of amides is 1. The molecule has 3 nitrogen and oxygen atoms in total. The first kappa shape index (κ1) is 14.0. The molecule has 0 bridgehead atoms. The Balaban J connectivity index is 2.91. The van der Waals surface area contributed by atoms with Crippen LogP contribution in [0.5, 0.6) is 5.75 Å². The first-order valence-electron chi connectivity index (χ1n) is 5.81. The Morgan fingerprint density at radius 3 is 2.44 bits per heavy atom. The number of nitrogens with one attached hydrogen (secondary N) is 1. The molecule has 1 N–H and O–H groups in total. The Bertz CT molecular complexity index is 458.